The first-order chi connectivity index (χ1) is 13.3. The van der Waals surface area contributed by atoms with Gasteiger partial charge in [0.2, 0.25) is 0 Å². The van der Waals surface area contributed by atoms with Crippen molar-refractivity contribution in [3.63, 3.8) is 0 Å². The number of guanidine groups is 1. The summed E-state index contributed by atoms with van der Waals surface area (Å²) >= 11 is 0. The number of pyridine rings is 1. The Bertz CT molecular complexity index is 685. The molecule has 152 valence electrons. The molecule has 28 heavy (non-hydrogen) atoms. The van der Waals surface area contributed by atoms with Crippen molar-refractivity contribution in [2.45, 2.75) is 38.8 Å². The average molecular weight is 493 g/mol. The van der Waals surface area contributed by atoms with Gasteiger partial charge >= 0.3 is 0 Å². The SMILES string of the molecule is CCNC(=NCCc1ccccn1)NC1CCN(Cc2ccccc2)CC1.I. The Balaban J connectivity index is 0.00000280. The maximum atomic E-state index is 4.73. The zero-order valence-corrected chi connectivity index (χ0v) is 19.0. The molecular weight excluding hydrogens is 461 g/mol. The first kappa shape index (κ1) is 22.6. The van der Waals surface area contributed by atoms with Crippen molar-refractivity contribution in [1.29, 1.82) is 0 Å². The summed E-state index contributed by atoms with van der Waals surface area (Å²) in [5.41, 5.74) is 2.49. The summed E-state index contributed by atoms with van der Waals surface area (Å²) in [4.78, 5) is 11.6. The molecule has 0 amide bonds. The summed E-state index contributed by atoms with van der Waals surface area (Å²) in [5, 5.41) is 6.99. The van der Waals surface area contributed by atoms with Crippen LogP contribution in [0.3, 0.4) is 0 Å². The molecule has 5 nitrogen and oxygen atoms in total. The van der Waals surface area contributed by atoms with E-state index in [9.17, 15) is 0 Å². The van der Waals surface area contributed by atoms with E-state index < -0.39 is 0 Å². The number of hydrogen-bond acceptors (Lipinski definition) is 3. The number of nitrogens with zero attached hydrogens (tertiary/aromatic N) is 3. The van der Waals surface area contributed by atoms with E-state index in [1.165, 1.54) is 5.56 Å². The first-order valence-corrected chi connectivity index (χ1v) is 10.0. The molecule has 0 spiro atoms. The number of aliphatic imine (C=N–C) groups is 1. The van der Waals surface area contributed by atoms with Crippen LogP contribution < -0.4 is 10.6 Å². The van der Waals surface area contributed by atoms with E-state index in [1.54, 1.807) is 0 Å². The number of halogens is 1. The summed E-state index contributed by atoms with van der Waals surface area (Å²) in [7, 11) is 0. The number of nitrogens with one attached hydrogen (secondary N) is 2. The van der Waals surface area contributed by atoms with Gasteiger partial charge in [-0.2, -0.15) is 0 Å². The van der Waals surface area contributed by atoms with Crippen molar-refractivity contribution in [3.8, 4) is 0 Å². The molecule has 0 aliphatic carbocycles. The lowest BCUT2D eigenvalue weighted by Crippen LogP contribution is -2.48. The van der Waals surface area contributed by atoms with Gasteiger partial charge in [0.1, 0.15) is 0 Å². The fourth-order valence-electron chi connectivity index (χ4n) is 3.42. The molecule has 1 fully saturated rings. The zero-order chi connectivity index (χ0) is 18.7. The maximum absolute atomic E-state index is 4.73. The largest absolute Gasteiger partial charge is 0.357 e. The van der Waals surface area contributed by atoms with Crippen LogP contribution in [0, 0.1) is 0 Å². The molecule has 2 N–H and O–H groups in total. The lowest BCUT2D eigenvalue weighted by atomic mass is 10.0. The van der Waals surface area contributed by atoms with Gasteiger partial charge in [-0.15, -0.1) is 24.0 Å². The summed E-state index contributed by atoms with van der Waals surface area (Å²) < 4.78 is 0. The quantitative estimate of drug-likeness (QED) is 0.353. The van der Waals surface area contributed by atoms with E-state index in [4.69, 9.17) is 4.99 Å². The van der Waals surface area contributed by atoms with Crippen LogP contribution in [0.1, 0.15) is 31.0 Å². The third-order valence-corrected chi connectivity index (χ3v) is 4.89. The topological polar surface area (TPSA) is 52.6 Å². The molecule has 0 atom stereocenters. The van der Waals surface area contributed by atoms with Gasteiger partial charge in [0, 0.05) is 57.1 Å². The highest BCUT2D eigenvalue weighted by Gasteiger charge is 2.19. The number of hydrogen-bond donors (Lipinski definition) is 2. The van der Waals surface area contributed by atoms with E-state index in [1.807, 2.05) is 18.3 Å². The summed E-state index contributed by atoms with van der Waals surface area (Å²) in [6.07, 6.45) is 5.01. The van der Waals surface area contributed by atoms with E-state index in [0.29, 0.717) is 6.04 Å². The molecule has 0 unspecified atom stereocenters. The normalized spacial score (nSPS) is 15.7. The van der Waals surface area contributed by atoms with Gasteiger partial charge in [0.25, 0.3) is 0 Å². The molecule has 6 heteroatoms. The molecule has 1 aromatic heterocycles. The number of likely N-dealkylation sites (tertiary alicyclic amines) is 1. The molecule has 2 heterocycles. The van der Waals surface area contributed by atoms with Crippen LogP contribution in [-0.2, 0) is 13.0 Å². The average Bonchev–Trinajstić information content (AvgIpc) is 2.71. The Kier molecular flexibility index (Phi) is 10.3. The van der Waals surface area contributed by atoms with Crippen LogP contribution >= 0.6 is 24.0 Å². The molecule has 1 aliphatic heterocycles. The van der Waals surface area contributed by atoms with Crippen LogP contribution in [0.5, 0.6) is 0 Å². The van der Waals surface area contributed by atoms with Crippen LogP contribution in [0.25, 0.3) is 0 Å². The van der Waals surface area contributed by atoms with Gasteiger partial charge in [-0.1, -0.05) is 36.4 Å². The molecule has 1 aromatic carbocycles. The minimum absolute atomic E-state index is 0. The fraction of sp³-hybridized carbons (Fsp3) is 0.455. The molecule has 3 rings (SSSR count). The number of benzene rings is 1. The Hall–Kier alpha value is -1.67. The Labute approximate surface area is 186 Å². The second-order valence-corrected chi connectivity index (χ2v) is 7.01. The van der Waals surface area contributed by atoms with Gasteiger partial charge in [-0.25, -0.2) is 0 Å². The van der Waals surface area contributed by atoms with Crippen LogP contribution in [0.4, 0.5) is 0 Å². The molecule has 0 bridgehead atoms. The maximum Gasteiger partial charge on any atom is 0.191 e. The lowest BCUT2D eigenvalue weighted by Gasteiger charge is -2.33. The molecule has 0 radical (unpaired) electrons. The van der Waals surface area contributed by atoms with Gasteiger partial charge < -0.3 is 10.6 Å². The van der Waals surface area contributed by atoms with Crippen LogP contribution in [-0.4, -0.2) is 48.1 Å². The predicted molar refractivity (Wildman–Crippen MR) is 127 cm³/mol. The third-order valence-electron chi connectivity index (χ3n) is 4.89. The van der Waals surface area contributed by atoms with E-state index >= 15 is 0 Å². The smallest absolute Gasteiger partial charge is 0.191 e. The number of aromatic nitrogens is 1. The van der Waals surface area contributed by atoms with Gasteiger partial charge in [-0.05, 0) is 37.5 Å². The van der Waals surface area contributed by atoms with E-state index in [0.717, 1.165) is 63.6 Å². The van der Waals surface area contributed by atoms with Gasteiger partial charge in [0.05, 0.1) is 0 Å². The van der Waals surface area contributed by atoms with Crippen molar-refractivity contribution >= 4 is 29.9 Å². The minimum Gasteiger partial charge on any atom is -0.357 e. The van der Waals surface area contributed by atoms with Crippen molar-refractivity contribution in [3.05, 3.63) is 66.0 Å². The second-order valence-electron chi connectivity index (χ2n) is 7.01. The van der Waals surface area contributed by atoms with Crippen LogP contribution in [0.15, 0.2) is 59.7 Å². The van der Waals surface area contributed by atoms with Gasteiger partial charge in [0.15, 0.2) is 5.96 Å². The molecular formula is C22H32IN5. The van der Waals surface area contributed by atoms with E-state index in [-0.39, 0.29) is 24.0 Å². The second kappa shape index (κ2) is 12.7. The number of piperidine rings is 1. The highest BCUT2D eigenvalue weighted by atomic mass is 127. The van der Waals surface area contributed by atoms with Gasteiger partial charge in [-0.3, -0.25) is 14.9 Å². The summed E-state index contributed by atoms with van der Waals surface area (Å²) in [6, 6.07) is 17.3. The van der Waals surface area contributed by atoms with Crippen molar-refractivity contribution < 1.29 is 0 Å². The zero-order valence-electron chi connectivity index (χ0n) is 16.7. The first-order valence-electron chi connectivity index (χ1n) is 10.0. The Morgan fingerprint density at radius 1 is 1.11 bits per heavy atom. The fourth-order valence-corrected chi connectivity index (χ4v) is 3.42. The highest BCUT2D eigenvalue weighted by molar-refractivity contribution is 14.0. The minimum atomic E-state index is 0. The Morgan fingerprint density at radius 3 is 2.54 bits per heavy atom. The number of rotatable bonds is 7. The van der Waals surface area contributed by atoms with E-state index in [2.05, 4.69) is 63.8 Å². The Morgan fingerprint density at radius 2 is 1.86 bits per heavy atom. The monoisotopic (exact) mass is 493 g/mol. The molecule has 2 aromatic rings. The third kappa shape index (κ3) is 7.75. The van der Waals surface area contributed by atoms with Crippen molar-refractivity contribution in [2.75, 3.05) is 26.2 Å². The predicted octanol–water partition coefficient (Wildman–Crippen LogP) is 3.46. The molecule has 1 aliphatic rings. The molecule has 1 saturated heterocycles. The van der Waals surface area contributed by atoms with Crippen molar-refractivity contribution in [1.82, 2.24) is 20.5 Å². The van der Waals surface area contributed by atoms with Crippen LogP contribution in [0.2, 0.25) is 0 Å². The van der Waals surface area contributed by atoms with Crippen molar-refractivity contribution in [2.24, 2.45) is 4.99 Å². The highest BCUT2D eigenvalue weighted by Crippen LogP contribution is 2.13. The summed E-state index contributed by atoms with van der Waals surface area (Å²) in [6.45, 7) is 7.03. The molecule has 0 saturated carbocycles. The standard InChI is InChI=1S/C22H31N5.HI/c1-2-23-22(25-15-11-20-10-6-7-14-24-20)26-21-12-16-27(17-13-21)18-19-8-4-3-5-9-19;/h3-10,14,21H,2,11-13,15-18H2,1H3,(H2,23,25,26);1H. The lowest BCUT2D eigenvalue weighted by molar-refractivity contribution is 0.198. The summed E-state index contributed by atoms with van der Waals surface area (Å²) in [5.74, 6) is 0.926.